The van der Waals surface area contributed by atoms with Crippen molar-refractivity contribution in [1.29, 1.82) is 0 Å². The lowest BCUT2D eigenvalue weighted by atomic mass is 9.87. The lowest BCUT2D eigenvalue weighted by Gasteiger charge is -2.42. The molecule has 1 atom stereocenters. The van der Waals surface area contributed by atoms with E-state index in [1.807, 2.05) is 0 Å². The number of amides is 2. The molecule has 0 spiro atoms. The van der Waals surface area contributed by atoms with Crippen molar-refractivity contribution in [2.45, 2.75) is 37.5 Å². The van der Waals surface area contributed by atoms with Gasteiger partial charge in [0.1, 0.15) is 0 Å². The maximum atomic E-state index is 12.6. The first-order valence-corrected chi connectivity index (χ1v) is 9.47. The van der Waals surface area contributed by atoms with Gasteiger partial charge in [-0.05, 0) is 54.7 Å². The number of hydrogen-bond acceptors (Lipinski definition) is 2. The topological polar surface area (TPSA) is 44.4 Å². The van der Waals surface area contributed by atoms with E-state index in [4.69, 9.17) is 0 Å². The van der Waals surface area contributed by atoms with Crippen LogP contribution in [0.5, 0.6) is 0 Å². The monoisotopic (exact) mass is 389 g/mol. The van der Waals surface area contributed by atoms with Crippen molar-refractivity contribution in [3.05, 3.63) is 65.2 Å². The number of nitrogens with zero attached hydrogens (tertiary/aromatic N) is 1. The Balaban J connectivity index is 1.28. The second kappa shape index (κ2) is 7.47. The molecule has 0 radical (unpaired) electrons. The van der Waals surface area contributed by atoms with Gasteiger partial charge in [0.25, 0.3) is 0 Å². The molecule has 148 valence electrons. The van der Waals surface area contributed by atoms with Gasteiger partial charge in [-0.1, -0.05) is 24.3 Å². The van der Waals surface area contributed by atoms with Crippen molar-refractivity contribution in [2.24, 2.45) is 0 Å². The third-order valence-corrected chi connectivity index (χ3v) is 5.44. The van der Waals surface area contributed by atoms with Crippen LogP contribution in [-0.4, -0.2) is 30.1 Å². The smallest absolute Gasteiger partial charge is 0.321 e. The molecule has 1 aliphatic carbocycles. The maximum absolute atomic E-state index is 12.6. The van der Waals surface area contributed by atoms with Gasteiger partial charge < -0.3 is 15.5 Å². The highest BCUT2D eigenvalue weighted by Crippen LogP contribution is 2.31. The summed E-state index contributed by atoms with van der Waals surface area (Å²) in [5.74, 6) is 0. The van der Waals surface area contributed by atoms with Crippen LogP contribution >= 0.6 is 0 Å². The summed E-state index contributed by atoms with van der Waals surface area (Å²) in [4.78, 5) is 13.9. The number of anilines is 1. The number of rotatable bonds is 3. The Morgan fingerprint density at radius 3 is 2.46 bits per heavy atom. The third kappa shape index (κ3) is 3.99. The first-order chi connectivity index (χ1) is 13.4. The minimum absolute atomic E-state index is 0.231. The van der Waals surface area contributed by atoms with Crippen LogP contribution in [0.25, 0.3) is 0 Å². The Morgan fingerprint density at radius 1 is 1.04 bits per heavy atom. The van der Waals surface area contributed by atoms with Crippen LogP contribution in [0.1, 0.15) is 35.6 Å². The third-order valence-electron chi connectivity index (χ3n) is 5.44. The normalized spacial score (nSPS) is 19.7. The quantitative estimate of drug-likeness (QED) is 0.807. The maximum Gasteiger partial charge on any atom is 0.416 e. The van der Waals surface area contributed by atoms with Crippen molar-refractivity contribution < 1.29 is 18.0 Å². The zero-order valence-corrected chi connectivity index (χ0v) is 15.3. The summed E-state index contributed by atoms with van der Waals surface area (Å²) in [6.07, 6.45) is -1.03. The van der Waals surface area contributed by atoms with Gasteiger partial charge in [-0.3, -0.25) is 0 Å². The predicted molar refractivity (Wildman–Crippen MR) is 101 cm³/mol. The van der Waals surface area contributed by atoms with Crippen molar-refractivity contribution in [3.63, 3.8) is 0 Å². The summed E-state index contributed by atoms with van der Waals surface area (Å²) in [6.45, 7) is 1.18. The molecular weight excluding hydrogens is 367 g/mol. The highest BCUT2D eigenvalue weighted by molar-refractivity contribution is 5.90. The first-order valence-electron chi connectivity index (χ1n) is 9.47. The first kappa shape index (κ1) is 18.8. The van der Waals surface area contributed by atoms with Gasteiger partial charge in [-0.15, -0.1) is 0 Å². The van der Waals surface area contributed by atoms with E-state index in [-0.39, 0.29) is 12.1 Å². The van der Waals surface area contributed by atoms with Crippen molar-refractivity contribution in [1.82, 2.24) is 10.2 Å². The largest absolute Gasteiger partial charge is 0.416 e. The van der Waals surface area contributed by atoms with E-state index in [9.17, 15) is 18.0 Å². The lowest BCUT2D eigenvalue weighted by molar-refractivity contribution is -0.137. The van der Waals surface area contributed by atoms with E-state index in [1.54, 1.807) is 4.90 Å². The zero-order valence-electron chi connectivity index (χ0n) is 15.3. The number of benzene rings is 2. The van der Waals surface area contributed by atoms with Crippen LogP contribution in [0.3, 0.4) is 0 Å². The van der Waals surface area contributed by atoms with Crippen molar-refractivity contribution >= 4 is 11.7 Å². The summed E-state index contributed by atoms with van der Waals surface area (Å²) in [6, 6.07) is 13.2. The molecule has 2 N–H and O–H groups in total. The second-order valence-corrected chi connectivity index (χ2v) is 7.42. The molecule has 1 aliphatic heterocycles. The summed E-state index contributed by atoms with van der Waals surface area (Å²) in [5, 5.41) is 6.29. The molecule has 4 rings (SSSR count). The minimum Gasteiger partial charge on any atom is -0.321 e. The molecule has 2 aliphatic rings. The van der Waals surface area contributed by atoms with Gasteiger partial charge in [-0.2, -0.15) is 13.2 Å². The fourth-order valence-corrected chi connectivity index (χ4v) is 3.91. The lowest BCUT2D eigenvalue weighted by Crippen LogP contribution is -2.61. The van der Waals surface area contributed by atoms with Crippen LogP contribution in [0.4, 0.5) is 23.7 Å². The Labute approximate surface area is 161 Å². The molecule has 7 heteroatoms. The van der Waals surface area contributed by atoms with Crippen LogP contribution in [0.2, 0.25) is 0 Å². The number of halogens is 3. The molecule has 1 saturated heterocycles. The molecule has 2 aromatic carbocycles. The van der Waals surface area contributed by atoms with Crippen LogP contribution in [0.15, 0.2) is 48.5 Å². The molecule has 28 heavy (non-hydrogen) atoms. The Kier molecular flexibility index (Phi) is 5.02. The molecule has 0 aromatic heterocycles. The van der Waals surface area contributed by atoms with Crippen LogP contribution in [-0.2, 0) is 12.6 Å². The molecule has 2 aromatic rings. The fourth-order valence-electron chi connectivity index (χ4n) is 3.91. The van der Waals surface area contributed by atoms with E-state index >= 15 is 0 Å². The number of carbonyl (C=O) groups is 1. The Morgan fingerprint density at radius 2 is 1.75 bits per heavy atom. The molecule has 0 bridgehead atoms. The average Bonchev–Trinajstić information content (AvgIpc) is 2.64. The Hall–Kier alpha value is -2.54. The summed E-state index contributed by atoms with van der Waals surface area (Å²) >= 11 is 0. The number of carbonyl (C=O) groups excluding carboxylic acids is 1. The summed E-state index contributed by atoms with van der Waals surface area (Å²) in [5.41, 5.74) is 2.37. The molecule has 1 unspecified atom stereocenters. The highest BCUT2D eigenvalue weighted by atomic mass is 19.4. The summed E-state index contributed by atoms with van der Waals surface area (Å²) < 4.78 is 37.8. The number of likely N-dealkylation sites (tertiary alicyclic amines) is 1. The van der Waals surface area contributed by atoms with Gasteiger partial charge >= 0.3 is 12.2 Å². The van der Waals surface area contributed by atoms with E-state index < -0.39 is 11.7 Å². The number of nitrogens with one attached hydrogen (secondary N) is 2. The molecule has 0 saturated carbocycles. The molecule has 1 heterocycles. The average molecular weight is 389 g/mol. The predicted octanol–water partition coefficient (Wildman–Crippen LogP) is 4.59. The van der Waals surface area contributed by atoms with Gasteiger partial charge in [0.15, 0.2) is 0 Å². The Bertz CT molecular complexity index is 845. The SMILES string of the molecule is O=C(Nc1ccc(C(F)(F)F)cc1)N1CC(NC2CCCc3ccccc32)C1. The minimum atomic E-state index is -4.38. The fraction of sp³-hybridized carbons (Fsp3) is 0.381. The van der Waals surface area contributed by atoms with Crippen LogP contribution in [0, 0.1) is 0 Å². The number of alkyl halides is 3. The number of hydrogen-bond donors (Lipinski definition) is 2. The number of urea groups is 1. The van der Waals surface area contributed by atoms with E-state index in [2.05, 4.69) is 34.9 Å². The van der Waals surface area contributed by atoms with Gasteiger partial charge in [0.2, 0.25) is 0 Å². The highest BCUT2D eigenvalue weighted by Gasteiger charge is 2.34. The second-order valence-electron chi connectivity index (χ2n) is 7.42. The van der Waals surface area contributed by atoms with E-state index in [0.717, 1.165) is 31.4 Å². The van der Waals surface area contributed by atoms with Crippen molar-refractivity contribution in [2.75, 3.05) is 18.4 Å². The van der Waals surface area contributed by atoms with Gasteiger partial charge in [-0.25, -0.2) is 4.79 Å². The standard InChI is InChI=1S/C21H22F3N3O/c22-21(23,24)15-8-10-16(11-9-15)26-20(28)27-12-17(13-27)25-19-7-3-5-14-4-1-2-6-18(14)19/h1-2,4,6,8-11,17,19,25H,3,5,7,12-13H2,(H,26,28). The van der Waals surface area contributed by atoms with Crippen molar-refractivity contribution in [3.8, 4) is 0 Å². The van der Waals surface area contributed by atoms with Gasteiger partial charge in [0.05, 0.1) is 5.56 Å². The summed E-state index contributed by atoms with van der Waals surface area (Å²) in [7, 11) is 0. The molecule has 1 fully saturated rings. The molecular formula is C21H22F3N3O. The molecule has 4 nitrogen and oxygen atoms in total. The van der Waals surface area contributed by atoms with E-state index in [1.165, 1.54) is 23.3 Å². The van der Waals surface area contributed by atoms with Gasteiger partial charge in [0, 0.05) is 30.9 Å². The van der Waals surface area contributed by atoms with E-state index in [0.29, 0.717) is 24.8 Å². The number of fused-ring (bicyclic) bond motifs is 1. The van der Waals surface area contributed by atoms with Crippen LogP contribution < -0.4 is 10.6 Å². The number of aryl methyl sites for hydroxylation is 1. The molecule has 2 amide bonds. The zero-order chi connectivity index (χ0) is 19.7.